The van der Waals surface area contributed by atoms with Crippen molar-refractivity contribution < 1.29 is 5.11 Å². The highest BCUT2D eigenvalue weighted by molar-refractivity contribution is 5.85. The van der Waals surface area contributed by atoms with Crippen molar-refractivity contribution in [2.24, 2.45) is 0 Å². The predicted molar refractivity (Wildman–Crippen MR) is 37.7 cm³/mol. The molecule has 1 N–H and O–H groups in total. The van der Waals surface area contributed by atoms with Gasteiger partial charge in [0, 0.05) is 5.52 Å². The molecule has 0 radical (unpaired) electrons. The van der Waals surface area contributed by atoms with Gasteiger partial charge in [-0.1, -0.05) is 23.9 Å². The Balaban J connectivity index is 2.93. The minimum Gasteiger partial charge on any atom is -0.871 e. The van der Waals surface area contributed by atoms with Crippen molar-refractivity contribution >= 4 is 10.9 Å². The molecule has 0 aliphatic heterocycles. The van der Waals surface area contributed by atoms with Crippen LogP contribution in [0, 0.1) is 0 Å². The fourth-order valence-electron chi connectivity index (χ4n) is 1.04. The van der Waals surface area contributed by atoms with Gasteiger partial charge < -0.3 is 10.1 Å². The van der Waals surface area contributed by atoms with Gasteiger partial charge in [0.25, 0.3) is 0 Å². The second-order valence-corrected chi connectivity index (χ2v) is 2.20. The Bertz CT molecular complexity index is 351. The monoisotopic (exact) mass is 132 g/mol. The number of benzene rings is 1. The van der Waals surface area contributed by atoms with Crippen LogP contribution in [0.15, 0.2) is 30.5 Å². The molecule has 10 heavy (non-hydrogen) atoms. The van der Waals surface area contributed by atoms with Crippen LogP contribution >= 0.6 is 0 Å². The lowest BCUT2D eigenvalue weighted by Gasteiger charge is -1.97. The van der Waals surface area contributed by atoms with E-state index in [-0.39, 0.29) is 5.75 Å². The summed E-state index contributed by atoms with van der Waals surface area (Å²) in [4.78, 5) is 2.88. The number of aromatic nitrogens is 1. The first kappa shape index (κ1) is 5.35. The Hall–Kier alpha value is -1.44. The van der Waals surface area contributed by atoms with Crippen LogP contribution in [0.1, 0.15) is 0 Å². The number of rotatable bonds is 0. The summed E-state index contributed by atoms with van der Waals surface area (Å²) in [6, 6.07) is 7.46. The molecule has 1 aromatic carbocycles. The number of hydrogen-bond donors (Lipinski definition) is 1. The first-order chi connectivity index (χ1) is 4.88. The van der Waals surface area contributed by atoms with Gasteiger partial charge in [-0.3, -0.25) is 0 Å². The SMILES string of the molecule is [O-]c1c[nH]c2ccccc12. The average Bonchev–Trinajstić information content (AvgIpc) is 2.34. The van der Waals surface area contributed by atoms with Gasteiger partial charge in [0.1, 0.15) is 0 Å². The van der Waals surface area contributed by atoms with E-state index >= 15 is 0 Å². The van der Waals surface area contributed by atoms with E-state index in [1.807, 2.05) is 24.3 Å². The molecule has 0 bridgehead atoms. The zero-order valence-corrected chi connectivity index (χ0v) is 5.29. The topological polar surface area (TPSA) is 38.8 Å². The highest BCUT2D eigenvalue weighted by Crippen LogP contribution is 2.19. The Morgan fingerprint density at radius 1 is 1.20 bits per heavy atom. The van der Waals surface area contributed by atoms with Gasteiger partial charge >= 0.3 is 0 Å². The van der Waals surface area contributed by atoms with E-state index in [2.05, 4.69) is 4.98 Å². The van der Waals surface area contributed by atoms with Crippen LogP contribution in [0.25, 0.3) is 10.9 Å². The molecule has 0 saturated heterocycles. The second kappa shape index (κ2) is 1.77. The first-order valence-corrected chi connectivity index (χ1v) is 3.11. The fourth-order valence-corrected chi connectivity index (χ4v) is 1.04. The van der Waals surface area contributed by atoms with E-state index in [1.54, 1.807) is 0 Å². The Morgan fingerprint density at radius 3 is 2.80 bits per heavy atom. The fraction of sp³-hybridized carbons (Fsp3) is 0. The minimum absolute atomic E-state index is 0.0654. The van der Waals surface area contributed by atoms with Crippen molar-refractivity contribution in [3.63, 3.8) is 0 Å². The highest BCUT2D eigenvalue weighted by atomic mass is 16.3. The first-order valence-electron chi connectivity index (χ1n) is 3.11. The smallest absolute Gasteiger partial charge is 0.0447 e. The van der Waals surface area contributed by atoms with Crippen LogP contribution in [0.4, 0.5) is 0 Å². The molecule has 1 heterocycles. The number of para-hydroxylation sites is 1. The van der Waals surface area contributed by atoms with E-state index in [0.717, 1.165) is 10.9 Å². The number of H-pyrrole nitrogens is 1. The van der Waals surface area contributed by atoms with Crippen molar-refractivity contribution in [1.82, 2.24) is 4.98 Å². The van der Waals surface area contributed by atoms with Crippen molar-refractivity contribution in [3.8, 4) is 5.75 Å². The molecule has 0 spiro atoms. The molecule has 0 saturated carbocycles. The molecule has 0 unspecified atom stereocenters. The number of fused-ring (bicyclic) bond motifs is 1. The maximum absolute atomic E-state index is 10.9. The molecule has 2 aromatic rings. The number of hydrogen-bond acceptors (Lipinski definition) is 1. The average molecular weight is 132 g/mol. The minimum atomic E-state index is 0.0654. The Morgan fingerprint density at radius 2 is 2.00 bits per heavy atom. The van der Waals surface area contributed by atoms with E-state index in [1.165, 1.54) is 6.20 Å². The third kappa shape index (κ3) is 0.589. The third-order valence-corrected chi connectivity index (χ3v) is 1.55. The van der Waals surface area contributed by atoms with Crippen LogP contribution in [0.2, 0.25) is 0 Å². The Labute approximate surface area is 58.1 Å². The lowest BCUT2D eigenvalue weighted by Crippen LogP contribution is -1.84. The molecular formula is C8H6NO-. The van der Waals surface area contributed by atoms with Crippen LogP contribution < -0.4 is 5.11 Å². The predicted octanol–water partition coefficient (Wildman–Crippen LogP) is 1.24. The van der Waals surface area contributed by atoms with Crippen molar-refractivity contribution in [2.45, 2.75) is 0 Å². The highest BCUT2D eigenvalue weighted by Gasteiger charge is 1.90. The molecule has 0 fully saturated rings. The van der Waals surface area contributed by atoms with Gasteiger partial charge in [-0.05, 0) is 17.6 Å². The van der Waals surface area contributed by atoms with E-state index in [9.17, 15) is 5.11 Å². The summed E-state index contributed by atoms with van der Waals surface area (Å²) >= 11 is 0. The summed E-state index contributed by atoms with van der Waals surface area (Å²) in [5.41, 5.74) is 0.910. The summed E-state index contributed by atoms with van der Waals surface area (Å²) in [5, 5.41) is 11.7. The van der Waals surface area contributed by atoms with Gasteiger partial charge in [0.15, 0.2) is 0 Å². The van der Waals surface area contributed by atoms with Crippen molar-refractivity contribution in [2.75, 3.05) is 0 Å². The zero-order chi connectivity index (χ0) is 6.97. The van der Waals surface area contributed by atoms with Crippen molar-refractivity contribution in [1.29, 1.82) is 0 Å². The zero-order valence-electron chi connectivity index (χ0n) is 5.29. The summed E-state index contributed by atoms with van der Waals surface area (Å²) in [6.07, 6.45) is 1.48. The molecule has 0 aliphatic rings. The molecule has 2 rings (SSSR count). The molecule has 0 amide bonds. The lowest BCUT2D eigenvalue weighted by molar-refractivity contribution is -0.265. The summed E-state index contributed by atoms with van der Waals surface area (Å²) < 4.78 is 0. The van der Waals surface area contributed by atoms with Gasteiger partial charge in [-0.2, -0.15) is 0 Å². The van der Waals surface area contributed by atoms with Gasteiger partial charge in [0.2, 0.25) is 0 Å². The molecule has 50 valence electrons. The standard InChI is InChI=1S/C8H7NO/c10-8-5-9-7-4-2-1-3-6(7)8/h1-5,9-10H/p-1. The van der Waals surface area contributed by atoms with Crippen LogP contribution in [0.3, 0.4) is 0 Å². The molecule has 2 heteroatoms. The van der Waals surface area contributed by atoms with Gasteiger partial charge in [-0.25, -0.2) is 0 Å². The summed E-state index contributed by atoms with van der Waals surface area (Å²) in [6.45, 7) is 0. The lowest BCUT2D eigenvalue weighted by atomic mass is 10.2. The van der Waals surface area contributed by atoms with E-state index in [0.29, 0.717) is 0 Å². The number of nitrogens with one attached hydrogen (secondary N) is 1. The van der Waals surface area contributed by atoms with Crippen LogP contribution in [-0.4, -0.2) is 4.98 Å². The molecule has 2 nitrogen and oxygen atoms in total. The van der Waals surface area contributed by atoms with Crippen LogP contribution in [-0.2, 0) is 0 Å². The quantitative estimate of drug-likeness (QED) is 0.575. The number of aromatic amines is 1. The molecule has 0 aliphatic carbocycles. The van der Waals surface area contributed by atoms with Gasteiger partial charge in [0.05, 0.1) is 0 Å². The van der Waals surface area contributed by atoms with E-state index < -0.39 is 0 Å². The van der Waals surface area contributed by atoms with Gasteiger partial charge in [-0.15, -0.1) is 0 Å². The normalized spacial score (nSPS) is 10.4. The largest absolute Gasteiger partial charge is 0.871 e. The second-order valence-electron chi connectivity index (χ2n) is 2.20. The molecule has 0 atom stereocenters. The summed E-state index contributed by atoms with van der Waals surface area (Å²) in [7, 11) is 0. The maximum Gasteiger partial charge on any atom is 0.0447 e. The Kier molecular flexibility index (Phi) is 0.947. The molecule has 1 aromatic heterocycles. The van der Waals surface area contributed by atoms with Crippen molar-refractivity contribution in [3.05, 3.63) is 30.5 Å². The van der Waals surface area contributed by atoms with E-state index in [4.69, 9.17) is 0 Å². The summed E-state index contributed by atoms with van der Waals surface area (Å²) in [5.74, 6) is 0.0654. The maximum atomic E-state index is 10.9. The van der Waals surface area contributed by atoms with Crippen LogP contribution in [0.5, 0.6) is 5.75 Å². The molecular weight excluding hydrogens is 126 g/mol. The third-order valence-electron chi connectivity index (χ3n) is 1.55.